The van der Waals surface area contributed by atoms with E-state index in [4.69, 9.17) is 5.73 Å². The normalized spacial score (nSPS) is 18.5. The first-order chi connectivity index (χ1) is 11.2. The highest BCUT2D eigenvalue weighted by atomic mass is 15.2. The van der Waals surface area contributed by atoms with Gasteiger partial charge in [-0.05, 0) is 31.9 Å². The fraction of sp³-hybridized carbons (Fsp3) is 0.353. The zero-order valence-corrected chi connectivity index (χ0v) is 13.2. The van der Waals surface area contributed by atoms with Crippen LogP contribution in [0.25, 0.3) is 22.2 Å². The largest absolute Gasteiger partial charge is 0.369 e. The van der Waals surface area contributed by atoms with E-state index in [0.29, 0.717) is 0 Å². The summed E-state index contributed by atoms with van der Waals surface area (Å²) in [6.07, 6.45) is 7.77. The highest BCUT2D eigenvalue weighted by molar-refractivity contribution is 5.86. The van der Waals surface area contributed by atoms with E-state index in [0.717, 1.165) is 59.5 Å². The molecule has 3 N–H and O–H groups in total. The molecular formula is C17H20N6. The van der Waals surface area contributed by atoms with Crippen LogP contribution in [-0.4, -0.2) is 39.3 Å². The first-order valence-corrected chi connectivity index (χ1v) is 7.98. The lowest BCUT2D eigenvalue weighted by molar-refractivity contribution is 0.506. The molecule has 118 valence electrons. The van der Waals surface area contributed by atoms with Gasteiger partial charge in [0, 0.05) is 48.2 Å². The van der Waals surface area contributed by atoms with Gasteiger partial charge in [-0.1, -0.05) is 0 Å². The summed E-state index contributed by atoms with van der Waals surface area (Å²) in [5.41, 5.74) is 11.2. The Hall–Kier alpha value is -2.47. The summed E-state index contributed by atoms with van der Waals surface area (Å²) < 4.78 is 0. The molecule has 1 fully saturated rings. The summed E-state index contributed by atoms with van der Waals surface area (Å²) in [5, 5.41) is 8.34. The topological polar surface area (TPSA) is 83.7 Å². The third-order valence-corrected chi connectivity index (χ3v) is 4.51. The van der Waals surface area contributed by atoms with Crippen molar-refractivity contribution < 1.29 is 0 Å². The molecule has 0 aromatic carbocycles. The van der Waals surface area contributed by atoms with Crippen molar-refractivity contribution >= 4 is 16.6 Å². The Kier molecular flexibility index (Phi) is 3.46. The van der Waals surface area contributed by atoms with Gasteiger partial charge in [-0.15, -0.1) is 0 Å². The molecule has 0 aliphatic carbocycles. The molecule has 1 aliphatic rings. The van der Waals surface area contributed by atoms with Crippen LogP contribution in [0.2, 0.25) is 0 Å². The smallest absolute Gasteiger partial charge is 0.0836 e. The number of aryl methyl sites for hydroxylation is 1. The van der Waals surface area contributed by atoms with Crippen molar-refractivity contribution in [3.63, 3.8) is 0 Å². The minimum absolute atomic E-state index is 0.233. The number of pyridine rings is 2. The minimum atomic E-state index is 0.233. The first-order valence-electron chi connectivity index (χ1n) is 7.98. The zero-order valence-electron chi connectivity index (χ0n) is 13.2. The Bertz CT molecular complexity index is 840. The summed E-state index contributed by atoms with van der Waals surface area (Å²) in [4.78, 5) is 11.2. The zero-order chi connectivity index (χ0) is 15.8. The van der Waals surface area contributed by atoms with E-state index >= 15 is 0 Å². The monoisotopic (exact) mass is 308 g/mol. The number of piperidine rings is 1. The van der Waals surface area contributed by atoms with Gasteiger partial charge in [0.25, 0.3) is 0 Å². The lowest BCUT2D eigenvalue weighted by Gasteiger charge is -2.33. The van der Waals surface area contributed by atoms with Gasteiger partial charge in [-0.3, -0.25) is 15.1 Å². The van der Waals surface area contributed by atoms with Crippen molar-refractivity contribution in [3.05, 3.63) is 36.4 Å². The number of rotatable bonds is 2. The third kappa shape index (κ3) is 2.55. The number of hydrogen-bond acceptors (Lipinski definition) is 5. The molecule has 4 rings (SSSR count). The van der Waals surface area contributed by atoms with E-state index in [1.165, 1.54) is 0 Å². The molecule has 1 aliphatic heterocycles. The van der Waals surface area contributed by atoms with Crippen molar-refractivity contribution in [2.75, 3.05) is 18.0 Å². The van der Waals surface area contributed by atoms with Crippen LogP contribution in [0.5, 0.6) is 0 Å². The maximum absolute atomic E-state index is 6.15. The van der Waals surface area contributed by atoms with Gasteiger partial charge in [0.05, 0.1) is 23.1 Å². The highest BCUT2D eigenvalue weighted by Crippen LogP contribution is 2.32. The molecular weight excluding hydrogens is 288 g/mol. The van der Waals surface area contributed by atoms with E-state index in [2.05, 4.69) is 37.2 Å². The maximum atomic E-state index is 6.15. The summed E-state index contributed by atoms with van der Waals surface area (Å²) in [5.74, 6) is 0. The fourth-order valence-electron chi connectivity index (χ4n) is 3.28. The molecule has 3 aromatic heterocycles. The van der Waals surface area contributed by atoms with Gasteiger partial charge in [0.15, 0.2) is 0 Å². The van der Waals surface area contributed by atoms with Crippen molar-refractivity contribution in [3.8, 4) is 11.3 Å². The number of fused-ring (bicyclic) bond motifs is 1. The van der Waals surface area contributed by atoms with Gasteiger partial charge < -0.3 is 10.6 Å². The van der Waals surface area contributed by atoms with Crippen LogP contribution in [0, 0.1) is 6.92 Å². The molecule has 0 spiro atoms. The van der Waals surface area contributed by atoms with E-state index in [1.807, 2.05) is 25.5 Å². The molecule has 6 nitrogen and oxygen atoms in total. The highest BCUT2D eigenvalue weighted by Gasteiger charge is 2.20. The van der Waals surface area contributed by atoms with Crippen molar-refractivity contribution in [2.45, 2.75) is 25.8 Å². The van der Waals surface area contributed by atoms with Crippen LogP contribution < -0.4 is 10.6 Å². The molecule has 0 radical (unpaired) electrons. The average Bonchev–Trinajstić information content (AvgIpc) is 2.95. The second-order valence-corrected chi connectivity index (χ2v) is 6.17. The number of anilines is 1. The summed E-state index contributed by atoms with van der Waals surface area (Å²) in [7, 11) is 0. The number of aromatic nitrogens is 4. The van der Waals surface area contributed by atoms with Gasteiger partial charge in [0.1, 0.15) is 0 Å². The maximum Gasteiger partial charge on any atom is 0.0836 e. The molecule has 6 heteroatoms. The lowest BCUT2D eigenvalue weighted by Crippen LogP contribution is -2.43. The van der Waals surface area contributed by atoms with Crippen LogP contribution in [0.15, 0.2) is 30.7 Å². The Morgan fingerprint density at radius 2 is 2.26 bits per heavy atom. The van der Waals surface area contributed by atoms with Crippen LogP contribution in [0.3, 0.4) is 0 Å². The van der Waals surface area contributed by atoms with E-state index in [-0.39, 0.29) is 6.04 Å². The number of nitrogens with one attached hydrogen (secondary N) is 1. The summed E-state index contributed by atoms with van der Waals surface area (Å²) >= 11 is 0. The quantitative estimate of drug-likeness (QED) is 0.758. The third-order valence-electron chi connectivity index (χ3n) is 4.51. The number of aromatic amines is 1. The van der Waals surface area contributed by atoms with E-state index in [1.54, 1.807) is 0 Å². The number of nitrogens with two attached hydrogens (primary N) is 1. The predicted octanol–water partition coefficient (Wildman–Crippen LogP) is 2.26. The van der Waals surface area contributed by atoms with E-state index < -0.39 is 0 Å². The second kappa shape index (κ2) is 5.62. The van der Waals surface area contributed by atoms with Crippen LogP contribution in [-0.2, 0) is 0 Å². The number of H-pyrrole nitrogens is 1. The molecule has 0 saturated carbocycles. The number of nitrogens with zero attached hydrogens (tertiary/aromatic N) is 4. The van der Waals surface area contributed by atoms with E-state index in [9.17, 15) is 0 Å². The van der Waals surface area contributed by atoms with Crippen LogP contribution in [0.4, 0.5) is 5.69 Å². The van der Waals surface area contributed by atoms with Gasteiger partial charge in [-0.25, -0.2) is 0 Å². The molecule has 1 unspecified atom stereocenters. The Morgan fingerprint density at radius 3 is 3.13 bits per heavy atom. The minimum Gasteiger partial charge on any atom is -0.369 e. The second-order valence-electron chi connectivity index (χ2n) is 6.17. The van der Waals surface area contributed by atoms with Gasteiger partial charge >= 0.3 is 0 Å². The first kappa shape index (κ1) is 14.1. The van der Waals surface area contributed by atoms with Crippen molar-refractivity contribution in [2.24, 2.45) is 5.73 Å². The Balaban J connectivity index is 1.79. The molecule has 0 bridgehead atoms. The predicted molar refractivity (Wildman–Crippen MR) is 91.3 cm³/mol. The SMILES string of the molecule is Cc1n[nH]c2cnc(-c3cnccc3N3CCCC(N)C3)cc12. The summed E-state index contributed by atoms with van der Waals surface area (Å²) in [6, 6.07) is 4.37. The Morgan fingerprint density at radius 1 is 1.35 bits per heavy atom. The molecule has 0 amide bonds. The van der Waals surface area contributed by atoms with Crippen molar-refractivity contribution in [1.82, 2.24) is 20.2 Å². The molecule has 4 heterocycles. The molecule has 3 aromatic rings. The van der Waals surface area contributed by atoms with Crippen LogP contribution >= 0.6 is 0 Å². The average molecular weight is 308 g/mol. The Labute approximate surface area is 134 Å². The van der Waals surface area contributed by atoms with Gasteiger partial charge in [-0.2, -0.15) is 5.10 Å². The molecule has 1 saturated heterocycles. The standard InChI is InChI=1S/C17H20N6/c1-11-13-7-15(20-9-16(13)22-21-11)14-8-19-5-4-17(14)23-6-2-3-12(18)10-23/h4-5,7-9,12H,2-3,6,10,18H2,1H3,(H,21,22). The number of hydrogen-bond donors (Lipinski definition) is 2. The molecule has 1 atom stereocenters. The van der Waals surface area contributed by atoms with Crippen molar-refractivity contribution in [1.29, 1.82) is 0 Å². The molecule has 23 heavy (non-hydrogen) atoms. The summed E-state index contributed by atoms with van der Waals surface area (Å²) in [6.45, 7) is 3.90. The lowest BCUT2D eigenvalue weighted by atomic mass is 10.0. The van der Waals surface area contributed by atoms with Crippen LogP contribution in [0.1, 0.15) is 18.5 Å². The van der Waals surface area contributed by atoms with Gasteiger partial charge in [0.2, 0.25) is 0 Å². The fourth-order valence-corrected chi connectivity index (χ4v) is 3.28.